The standard InChI is InChI=1S/C20H32O2/c1-2-3-4-5-6-7-8-9-10-11-12-13-14-15-16-17-18-19-20(21)22/h3-4,6-7,9-10,12-13H,2,5,8,11,14-19H2,1H3,(H,21,22)/b4-3+,7-6-,10-9-,13-12+. The second-order valence-electron chi connectivity index (χ2n) is 5.35. The number of hydrogen-bond donors (Lipinski definition) is 1. The van der Waals surface area contributed by atoms with Crippen LogP contribution in [0.1, 0.15) is 71.1 Å². The average molecular weight is 304 g/mol. The molecule has 0 bridgehead atoms. The van der Waals surface area contributed by atoms with Gasteiger partial charge in [0, 0.05) is 6.42 Å². The second-order valence-corrected chi connectivity index (χ2v) is 5.35. The van der Waals surface area contributed by atoms with E-state index in [0.29, 0.717) is 6.42 Å². The first-order chi connectivity index (χ1) is 10.8. The fraction of sp³-hybridized carbons (Fsp3) is 0.550. The predicted molar refractivity (Wildman–Crippen MR) is 96.0 cm³/mol. The molecule has 0 saturated heterocycles. The van der Waals surface area contributed by atoms with E-state index in [4.69, 9.17) is 5.11 Å². The molecule has 0 spiro atoms. The summed E-state index contributed by atoms with van der Waals surface area (Å²) in [5.74, 6) is -0.682. The molecule has 22 heavy (non-hydrogen) atoms. The minimum atomic E-state index is -0.682. The Balaban J connectivity index is 3.34. The average Bonchev–Trinajstić information content (AvgIpc) is 2.50. The number of allylic oxidation sites excluding steroid dienone is 8. The van der Waals surface area contributed by atoms with Crippen LogP contribution < -0.4 is 0 Å². The molecule has 0 unspecified atom stereocenters. The van der Waals surface area contributed by atoms with E-state index in [1.165, 1.54) is 0 Å². The van der Waals surface area contributed by atoms with Crippen molar-refractivity contribution in [2.75, 3.05) is 0 Å². The molecule has 0 amide bonds. The maximum Gasteiger partial charge on any atom is 0.303 e. The number of rotatable bonds is 14. The van der Waals surface area contributed by atoms with Crippen molar-refractivity contribution < 1.29 is 9.90 Å². The lowest BCUT2D eigenvalue weighted by molar-refractivity contribution is -0.137. The topological polar surface area (TPSA) is 37.3 Å². The van der Waals surface area contributed by atoms with Crippen molar-refractivity contribution in [3.05, 3.63) is 48.6 Å². The van der Waals surface area contributed by atoms with Crippen LogP contribution in [0.5, 0.6) is 0 Å². The van der Waals surface area contributed by atoms with Crippen LogP contribution in [-0.2, 0) is 4.79 Å². The lowest BCUT2D eigenvalue weighted by Crippen LogP contribution is -1.93. The fourth-order valence-electron chi connectivity index (χ4n) is 1.99. The molecule has 0 radical (unpaired) electrons. The summed E-state index contributed by atoms with van der Waals surface area (Å²) >= 11 is 0. The van der Waals surface area contributed by atoms with E-state index in [9.17, 15) is 4.79 Å². The van der Waals surface area contributed by atoms with Crippen molar-refractivity contribution in [1.82, 2.24) is 0 Å². The lowest BCUT2D eigenvalue weighted by Gasteiger charge is -1.96. The van der Waals surface area contributed by atoms with Crippen molar-refractivity contribution in [1.29, 1.82) is 0 Å². The molecule has 0 aromatic heterocycles. The van der Waals surface area contributed by atoms with Crippen LogP contribution in [0.3, 0.4) is 0 Å². The van der Waals surface area contributed by atoms with E-state index in [-0.39, 0.29) is 0 Å². The van der Waals surface area contributed by atoms with Gasteiger partial charge in [0.15, 0.2) is 0 Å². The summed E-state index contributed by atoms with van der Waals surface area (Å²) in [4.78, 5) is 10.3. The third-order valence-electron chi connectivity index (χ3n) is 3.23. The van der Waals surface area contributed by atoms with Crippen molar-refractivity contribution in [3.63, 3.8) is 0 Å². The second kappa shape index (κ2) is 17.5. The third-order valence-corrected chi connectivity index (χ3v) is 3.23. The van der Waals surface area contributed by atoms with E-state index in [1.54, 1.807) is 0 Å². The molecule has 0 atom stereocenters. The Labute approximate surface area is 136 Å². The highest BCUT2D eigenvalue weighted by Gasteiger charge is 1.95. The molecular formula is C20H32O2. The number of unbranched alkanes of at least 4 members (excludes halogenated alkanes) is 4. The van der Waals surface area contributed by atoms with Crippen LogP contribution in [0.2, 0.25) is 0 Å². The minimum absolute atomic E-state index is 0.309. The Hall–Kier alpha value is -1.57. The molecule has 0 aliphatic carbocycles. The number of hydrogen-bond acceptors (Lipinski definition) is 1. The van der Waals surface area contributed by atoms with Crippen molar-refractivity contribution >= 4 is 5.97 Å². The zero-order valence-corrected chi connectivity index (χ0v) is 14.0. The SMILES string of the molecule is CC/C=C/C/C=C\C/C=C\C/C=C/CCCCCCC(=O)O. The predicted octanol–water partition coefficient (Wildman–Crippen LogP) is 6.22. The van der Waals surface area contributed by atoms with Gasteiger partial charge < -0.3 is 5.11 Å². The quantitative estimate of drug-likeness (QED) is 0.305. The van der Waals surface area contributed by atoms with Crippen molar-refractivity contribution in [2.45, 2.75) is 71.1 Å². The van der Waals surface area contributed by atoms with Gasteiger partial charge in [-0.25, -0.2) is 0 Å². The molecule has 0 aromatic rings. The van der Waals surface area contributed by atoms with Gasteiger partial charge in [0.25, 0.3) is 0 Å². The maximum absolute atomic E-state index is 10.3. The third kappa shape index (κ3) is 18.4. The molecule has 0 saturated carbocycles. The van der Waals surface area contributed by atoms with Crippen LogP contribution in [0.25, 0.3) is 0 Å². The van der Waals surface area contributed by atoms with Crippen LogP contribution in [0.4, 0.5) is 0 Å². The number of carboxylic acids is 1. The summed E-state index contributed by atoms with van der Waals surface area (Å²) in [6, 6.07) is 0. The Morgan fingerprint density at radius 1 is 0.727 bits per heavy atom. The van der Waals surface area contributed by atoms with E-state index in [1.807, 2.05) is 0 Å². The molecule has 1 N–H and O–H groups in total. The lowest BCUT2D eigenvalue weighted by atomic mass is 10.1. The Morgan fingerprint density at radius 3 is 1.77 bits per heavy atom. The normalized spacial score (nSPS) is 12.4. The summed E-state index contributed by atoms with van der Waals surface area (Å²) in [6.45, 7) is 2.15. The first-order valence-corrected chi connectivity index (χ1v) is 8.59. The molecule has 2 heteroatoms. The number of carboxylic acid groups (broad SMARTS) is 1. The van der Waals surface area contributed by atoms with Gasteiger partial charge in [-0.15, -0.1) is 0 Å². The zero-order valence-electron chi connectivity index (χ0n) is 14.0. The maximum atomic E-state index is 10.3. The summed E-state index contributed by atoms with van der Waals surface area (Å²) < 4.78 is 0. The first-order valence-electron chi connectivity index (χ1n) is 8.59. The van der Waals surface area contributed by atoms with Crippen LogP contribution >= 0.6 is 0 Å². The number of carbonyl (C=O) groups is 1. The van der Waals surface area contributed by atoms with Crippen LogP contribution in [0.15, 0.2) is 48.6 Å². The Kier molecular flexibility index (Phi) is 16.2. The molecule has 0 rings (SSSR count). The summed E-state index contributed by atoms with van der Waals surface area (Å²) in [5.41, 5.74) is 0. The van der Waals surface area contributed by atoms with E-state index >= 15 is 0 Å². The largest absolute Gasteiger partial charge is 0.481 e. The van der Waals surface area contributed by atoms with Gasteiger partial charge >= 0.3 is 5.97 Å². The number of aliphatic carboxylic acids is 1. The van der Waals surface area contributed by atoms with Crippen molar-refractivity contribution in [3.8, 4) is 0 Å². The van der Waals surface area contributed by atoms with Gasteiger partial charge in [0.05, 0.1) is 0 Å². The summed E-state index contributed by atoms with van der Waals surface area (Å²) in [5, 5.41) is 8.51. The monoisotopic (exact) mass is 304 g/mol. The van der Waals surface area contributed by atoms with E-state index < -0.39 is 5.97 Å². The Morgan fingerprint density at radius 2 is 1.23 bits per heavy atom. The smallest absolute Gasteiger partial charge is 0.303 e. The highest BCUT2D eigenvalue weighted by Crippen LogP contribution is 2.06. The van der Waals surface area contributed by atoms with E-state index in [0.717, 1.165) is 57.8 Å². The Bertz CT molecular complexity index is 362. The van der Waals surface area contributed by atoms with Gasteiger partial charge in [-0.1, -0.05) is 68.4 Å². The van der Waals surface area contributed by atoms with Crippen LogP contribution in [0, 0.1) is 0 Å². The summed E-state index contributed by atoms with van der Waals surface area (Å²) in [6.07, 6.45) is 27.4. The van der Waals surface area contributed by atoms with E-state index in [2.05, 4.69) is 55.5 Å². The molecule has 0 fully saturated rings. The molecular weight excluding hydrogens is 272 g/mol. The highest BCUT2D eigenvalue weighted by atomic mass is 16.4. The van der Waals surface area contributed by atoms with Gasteiger partial charge in [-0.2, -0.15) is 0 Å². The van der Waals surface area contributed by atoms with Gasteiger partial charge in [0.2, 0.25) is 0 Å². The van der Waals surface area contributed by atoms with Gasteiger partial charge in [-0.3, -0.25) is 4.79 Å². The minimum Gasteiger partial charge on any atom is -0.481 e. The molecule has 0 aromatic carbocycles. The first kappa shape index (κ1) is 20.4. The molecule has 0 aliphatic heterocycles. The van der Waals surface area contributed by atoms with Crippen LogP contribution in [-0.4, -0.2) is 11.1 Å². The van der Waals surface area contributed by atoms with Gasteiger partial charge in [0.1, 0.15) is 0 Å². The zero-order chi connectivity index (χ0) is 16.3. The fourth-order valence-corrected chi connectivity index (χ4v) is 1.99. The molecule has 0 aliphatic rings. The van der Waals surface area contributed by atoms with Crippen molar-refractivity contribution in [2.24, 2.45) is 0 Å². The molecule has 2 nitrogen and oxygen atoms in total. The highest BCUT2D eigenvalue weighted by molar-refractivity contribution is 5.66. The molecule has 124 valence electrons. The molecule has 0 heterocycles. The summed E-state index contributed by atoms with van der Waals surface area (Å²) in [7, 11) is 0. The van der Waals surface area contributed by atoms with Gasteiger partial charge in [-0.05, 0) is 44.9 Å².